The lowest BCUT2D eigenvalue weighted by molar-refractivity contribution is -0.138. The summed E-state index contributed by atoms with van der Waals surface area (Å²) >= 11 is 0. The van der Waals surface area contributed by atoms with Gasteiger partial charge in [0.15, 0.2) is 0 Å². The number of carboxylic acids is 1. The van der Waals surface area contributed by atoms with E-state index in [-0.39, 0.29) is 12.2 Å². The first-order valence-electron chi connectivity index (χ1n) is 5.58. The van der Waals surface area contributed by atoms with Crippen molar-refractivity contribution in [2.24, 2.45) is 5.73 Å². The van der Waals surface area contributed by atoms with Gasteiger partial charge in [-0.15, -0.1) is 0 Å². The third-order valence-corrected chi connectivity index (χ3v) is 1.71. The normalized spacial score (nSPS) is 12.3. The first kappa shape index (κ1) is 16.4. The van der Waals surface area contributed by atoms with E-state index < -0.39 is 17.6 Å². The van der Waals surface area contributed by atoms with E-state index in [9.17, 15) is 4.79 Å². The molecule has 0 aromatic heterocycles. The van der Waals surface area contributed by atoms with Crippen LogP contribution in [-0.4, -0.2) is 32.9 Å². The molecule has 5 heteroatoms. The van der Waals surface area contributed by atoms with Crippen molar-refractivity contribution in [1.29, 1.82) is 0 Å². The number of hydrogen-bond donors (Lipinski definition) is 4. The van der Waals surface area contributed by atoms with Crippen LogP contribution in [0, 0.1) is 0 Å². The van der Waals surface area contributed by atoms with E-state index in [4.69, 9.17) is 21.1 Å². The second-order valence-electron chi connectivity index (χ2n) is 4.99. The van der Waals surface area contributed by atoms with Crippen LogP contribution in [0.3, 0.4) is 0 Å². The Morgan fingerprint density at radius 1 is 1.28 bits per heavy atom. The lowest BCUT2D eigenvalue weighted by Gasteiger charge is -2.05. The van der Waals surface area contributed by atoms with Gasteiger partial charge in [-0.2, -0.15) is 0 Å². The Morgan fingerprint density at radius 3 is 2.00 bits per heavy atom. The van der Waals surface area contributed by atoms with Gasteiger partial charge >= 0.3 is 5.97 Å². The standard InChI is InChI=1S/C9H11NO3.C4H10O/c10-8(9(12)13)5-6-1-3-7(11)4-2-6;1-4(2,3)5/h1-4,8,11H,5,10H2,(H,12,13);5H,1-3H3/t8-;/m0./s1. The fraction of sp³-hybridized carbons (Fsp3) is 0.462. The topological polar surface area (TPSA) is 104 Å². The van der Waals surface area contributed by atoms with Crippen LogP contribution in [0.5, 0.6) is 5.75 Å². The average Bonchev–Trinajstić information content (AvgIpc) is 2.18. The van der Waals surface area contributed by atoms with E-state index in [1.807, 2.05) is 0 Å². The van der Waals surface area contributed by atoms with Gasteiger partial charge in [-0.25, -0.2) is 0 Å². The second-order valence-corrected chi connectivity index (χ2v) is 4.99. The summed E-state index contributed by atoms with van der Waals surface area (Å²) in [4.78, 5) is 10.4. The molecule has 102 valence electrons. The molecule has 0 aliphatic heterocycles. The largest absolute Gasteiger partial charge is 0.508 e. The summed E-state index contributed by atoms with van der Waals surface area (Å²) in [6, 6.07) is 5.42. The molecular weight excluding hydrogens is 234 g/mol. The van der Waals surface area contributed by atoms with E-state index in [0.29, 0.717) is 0 Å². The van der Waals surface area contributed by atoms with Crippen molar-refractivity contribution >= 4 is 5.97 Å². The van der Waals surface area contributed by atoms with Crippen LogP contribution in [0.25, 0.3) is 0 Å². The predicted octanol–water partition coefficient (Wildman–Crippen LogP) is 1.12. The van der Waals surface area contributed by atoms with Crippen LogP contribution in [0.2, 0.25) is 0 Å². The predicted molar refractivity (Wildman–Crippen MR) is 69.4 cm³/mol. The van der Waals surface area contributed by atoms with E-state index in [2.05, 4.69) is 0 Å². The molecule has 0 amide bonds. The van der Waals surface area contributed by atoms with E-state index in [1.54, 1.807) is 32.9 Å². The number of hydrogen-bond acceptors (Lipinski definition) is 4. The molecular formula is C13H21NO4. The maximum absolute atomic E-state index is 10.4. The molecule has 1 atom stereocenters. The third kappa shape index (κ3) is 9.62. The molecule has 0 saturated heterocycles. The van der Waals surface area contributed by atoms with Gasteiger partial charge in [0, 0.05) is 0 Å². The van der Waals surface area contributed by atoms with Crippen molar-refractivity contribution in [3.63, 3.8) is 0 Å². The highest BCUT2D eigenvalue weighted by atomic mass is 16.4. The maximum Gasteiger partial charge on any atom is 0.320 e. The van der Waals surface area contributed by atoms with Crippen molar-refractivity contribution in [1.82, 2.24) is 0 Å². The van der Waals surface area contributed by atoms with Gasteiger partial charge in [-0.05, 0) is 44.9 Å². The number of aliphatic hydroxyl groups is 1. The molecule has 1 aromatic rings. The van der Waals surface area contributed by atoms with E-state index in [1.165, 1.54) is 12.1 Å². The highest BCUT2D eigenvalue weighted by molar-refractivity contribution is 5.73. The summed E-state index contributed by atoms with van der Waals surface area (Å²) < 4.78 is 0. The van der Waals surface area contributed by atoms with Crippen molar-refractivity contribution < 1.29 is 20.1 Å². The van der Waals surface area contributed by atoms with Gasteiger partial charge in [0.25, 0.3) is 0 Å². The maximum atomic E-state index is 10.4. The monoisotopic (exact) mass is 255 g/mol. The highest BCUT2D eigenvalue weighted by Gasteiger charge is 2.11. The second kappa shape index (κ2) is 6.98. The molecule has 0 fully saturated rings. The number of carbonyl (C=O) groups is 1. The summed E-state index contributed by atoms with van der Waals surface area (Å²) in [5.41, 5.74) is 5.62. The van der Waals surface area contributed by atoms with Crippen LogP contribution in [-0.2, 0) is 11.2 Å². The lowest BCUT2D eigenvalue weighted by Crippen LogP contribution is -2.32. The minimum absolute atomic E-state index is 0.160. The Morgan fingerprint density at radius 2 is 1.67 bits per heavy atom. The average molecular weight is 255 g/mol. The molecule has 0 heterocycles. The fourth-order valence-electron chi connectivity index (χ4n) is 0.973. The third-order valence-electron chi connectivity index (χ3n) is 1.71. The molecule has 5 N–H and O–H groups in total. The van der Waals surface area contributed by atoms with E-state index in [0.717, 1.165) is 5.56 Å². The van der Waals surface area contributed by atoms with Crippen LogP contribution in [0.4, 0.5) is 0 Å². The van der Waals surface area contributed by atoms with Gasteiger partial charge in [-0.3, -0.25) is 4.79 Å². The van der Waals surface area contributed by atoms with Gasteiger partial charge < -0.3 is 21.1 Å². The SMILES string of the molecule is CC(C)(C)O.N[C@@H](Cc1ccc(O)cc1)C(=O)O. The van der Waals surface area contributed by atoms with Crippen LogP contribution >= 0.6 is 0 Å². The molecule has 5 nitrogen and oxygen atoms in total. The molecule has 0 radical (unpaired) electrons. The zero-order chi connectivity index (χ0) is 14.3. The Balaban J connectivity index is 0.000000494. The van der Waals surface area contributed by atoms with E-state index >= 15 is 0 Å². The number of rotatable bonds is 3. The van der Waals surface area contributed by atoms with Crippen molar-refractivity contribution in [3.8, 4) is 5.75 Å². The summed E-state index contributed by atoms with van der Waals surface area (Å²) in [5, 5.41) is 26.0. The molecule has 1 aromatic carbocycles. The zero-order valence-corrected chi connectivity index (χ0v) is 10.9. The Bertz CT molecular complexity index is 362. The van der Waals surface area contributed by atoms with Gasteiger partial charge in [0.1, 0.15) is 11.8 Å². The van der Waals surface area contributed by atoms with Crippen LogP contribution < -0.4 is 5.73 Å². The number of carboxylic acid groups (broad SMARTS) is 1. The molecule has 1 rings (SSSR count). The first-order valence-corrected chi connectivity index (χ1v) is 5.58. The number of benzene rings is 1. The van der Waals surface area contributed by atoms with Crippen LogP contribution in [0.15, 0.2) is 24.3 Å². The van der Waals surface area contributed by atoms with Gasteiger partial charge in [0.2, 0.25) is 0 Å². The summed E-state index contributed by atoms with van der Waals surface area (Å²) in [6.45, 7) is 5.23. The minimum Gasteiger partial charge on any atom is -0.508 e. The molecule has 0 bridgehead atoms. The van der Waals surface area contributed by atoms with Crippen LogP contribution in [0.1, 0.15) is 26.3 Å². The summed E-state index contributed by atoms with van der Waals surface area (Å²) in [6.07, 6.45) is 0.273. The summed E-state index contributed by atoms with van der Waals surface area (Å²) in [7, 11) is 0. The minimum atomic E-state index is -1.02. The summed E-state index contributed by atoms with van der Waals surface area (Å²) in [5.74, 6) is -0.860. The number of phenols is 1. The Kier molecular flexibility index (Phi) is 6.36. The fourth-order valence-corrected chi connectivity index (χ4v) is 0.973. The number of nitrogens with two attached hydrogens (primary N) is 1. The molecule has 0 unspecified atom stereocenters. The smallest absolute Gasteiger partial charge is 0.320 e. The number of aliphatic carboxylic acids is 1. The van der Waals surface area contributed by atoms with Gasteiger partial charge in [0.05, 0.1) is 5.60 Å². The van der Waals surface area contributed by atoms with Crippen molar-refractivity contribution in [2.75, 3.05) is 0 Å². The molecule has 0 aliphatic rings. The molecule has 0 spiro atoms. The van der Waals surface area contributed by atoms with Crippen molar-refractivity contribution in [3.05, 3.63) is 29.8 Å². The Hall–Kier alpha value is -1.59. The highest BCUT2D eigenvalue weighted by Crippen LogP contribution is 2.10. The van der Waals surface area contributed by atoms with Gasteiger partial charge in [-0.1, -0.05) is 12.1 Å². The quantitative estimate of drug-likeness (QED) is 0.648. The lowest BCUT2D eigenvalue weighted by atomic mass is 10.1. The first-order chi connectivity index (χ1) is 8.09. The molecule has 18 heavy (non-hydrogen) atoms. The number of aromatic hydroxyl groups is 1. The Labute approximate surface area is 107 Å². The zero-order valence-electron chi connectivity index (χ0n) is 10.9. The molecule has 0 saturated carbocycles. The molecule has 0 aliphatic carbocycles. The van der Waals surface area contributed by atoms with Crippen molar-refractivity contribution in [2.45, 2.75) is 38.8 Å². The number of phenolic OH excluding ortho intramolecular Hbond substituents is 1.